The van der Waals surface area contributed by atoms with Gasteiger partial charge in [-0.1, -0.05) is 0 Å². The first-order chi connectivity index (χ1) is 13.9. The molecule has 4 aromatic rings. The number of nitrogens with two attached hydrogens (primary N) is 1. The third-order valence-corrected chi connectivity index (χ3v) is 7.73. The van der Waals surface area contributed by atoms with Gasteiger partial charge in [0.2, 0.25) is 0 Å². The Labute approximate surface area is 178 Å². The summed E-state index contributed by atoms with van der Waals surface area (Å²) in [6.07, 6.45) is 1.08. The van der Waals surface area contributed by atoms with Gasteiger partial charge in [0, 0.05) is 0 Å². The Morgan fingerprint density at radius 3 is 2.21 bits per heavy atom. The Morgan fingerprint density at radius 2 is 1.59 bits per heavy atom. The van der Waals surface area contributed by atoms with Gasteiger partial charge in [-0.3, -0.25) is 0 Å². The fourth-order valence-corrected chi connectivity index (χ4v) is 6.26. The number of carbonyl (C=O) groups is 1. The Hall–Kier alpha value is -2.61. The fraction of sp³-hybridized carbons (Fsp3) is 0.192. The molecule has 29 heavy (non-hydrogen) atoms. The minimum absolute atomic E-state index is 0.187. The van der Waals surface area contributed by atoms with Gasteiger partial charge in [-0.2, -0.15) is 0 Å². The van der Waals surface area contributed by atoms with Crippen LogP contribution in [0.3, 0.4) is 0 Å². The molecular formula is C26H25NOSe. The summed E-state index contributed by atoms with van der Waals surface area (Å²) in [6, 6.07) is 23.6. The van der Waals surface area contributed by atoms with Crippen LogP contribution in [0.2, 0.25) is 0 Å². The number of carbonyl (C=O) groups excluding carboxylic acids is 1. The van der Waals surface area contributed by atoms with Gasteiger partial charge in [-0.15, -0.1) is 0 Å². The molecule has 1 aromatic heterocycles. The molecule has 146 valence electrons. The molecule has 2 N–H and O–H groups in total. The van der Waals surface area contributed by atoms with Crippen LogP contribution >= 0.6 is 0 Å². The number of hydrogen-bond donors (Lipinski definition) is 1. The Morgan fingerprint density at radius 1 is 0.931 bits per heavy atom. The molecule has 0 saturated carbocycles. The third kappa shape index (κ3) is 4.07. The number of benzene rings is 3. The molecule has 3 aromatic carbocycles. The second kappa shape index (κ2) is 8.02. The van der Waals surface area contributed by atoms with Crippen LogP contribution in [0.25, 0.3) is 30.8 Å². The molecule has 1 amide bonds. The van der Waals surface area contributed by atoms with E-state index in [9.17, 15) is 4.79 Å². The molecule has 0 saturated heterocycles. The van der Waals surface area contributed by atoms with Gasteiger partial charge in [0.15, 0.2) is 0 Å². The summed E-state index contributed by atoms with van der Waals surface area (Å²) in [5.74, 6) is 0.257. The molecule has 2 nitrogen and oxygen atoms in total. The van der Waals surface area contributed by atoms with Crippen molar-refractivity contribution in [2.75, 3.05) is 0 Å². The normalized spacial score (nSPS) is 11.3. The number of amides is 1. The SMILES string of the molecule is Cc1ccc(-c2[se]c3ccc(C(N)=O)cc3c2-c2ccc(CC(C)C)cc2)cc1. The second-order valence-corrected chi connectivity index (χ2v) is 10.2. The van der Waals surface area contributed by atoms with Gasteiger partial charge in [-0.05, 0) is 0 Å². The summed E-state index contributed by atoms with van der Waals surface area (Å²) in [5, 5.41) is 1.15. The topological polar surface area (TPSA) is 43.1 Å². The van der Waals surface area contributed by atoms with E-state index in [0.29, 0.717) is 11.5 Å². The third-order valence-electron chi connectivity index (χ3n) is 5.17. The van der Waals surface area contributed by atoms with Crippen molar-refractivity contribution < 1.29 is 4.79 Å². The van der Waals surface area contributed by atoms with Crippen molar-refractivity contribution in [2.24, 2.45) is 11.7 Å². The first-order valence-corrected chi connectivity index (χ1v) is 11.7. The van der Waals surface area contributed by atoms with Crippen LogP contribution in [0.5, 0.6) is 0 Å². The molecule has 0 aliphatic rings. The first kappa shape index (κ1) is 19.7. The molecular weight excluding hydrogens is 421 g/mol. The summed E-state index contributed by atoms with van der Waals surface area (Å²) in [6.45, 7) is 6.60. The van der Waals surface area contributed by atoms with Crippen molar-refractivity contribution in [3.8, 4) is 21.1 Å². The molecule has 4 rings (SSSR count). The maximum atomic E-state index is 11.8. The quantitative estimate of drug-likeness (QED) is 0.385. The number of primary amides is 1. The predicted molar refractivity (Wildman–Crippen MR) is 124 cm³/mol. The Kier molecular flexibility index (Phi) is 5.45. The number of aryl methyl sites for hydroxylation is 1. The Bertz CT molecular complexity index is 1170. The molecule has 0 spiro atoms. The van der Waals surface area contributed by atoms with Crippen molar-refractivity contribution in [1.82, 2.24) is 0 Å². The van der Waals surface area contributed by atoms with E-state index < -0.39 is 0 Å². The van der Waals surface area contributed by atoms with Gasteiger partial charge in [0.25, 0.3) is 0 Å². The van der Waals surface area contributed by atoms with Crippen LogP contribution in [-0.2, 0) is 6.42 Å². The van der Waals surface area contributed by atoms with Crippen molar-refractivity contribution in [2.45, 2.75) is 27.2 Å². The van der Waals surface area contributed by atoms with Gasteiger partial charge in [0.1, 0.15) is 0 Å². The van der Waals surface area contributed by atoms with Gasteiger partial charge < -0.3 is 0 Å². The molecule has 0 atom stereocenters. The fourth-order valence-electron chi connectivity index (χ4n) is 3.72. The van der Waals surface area contributed by atoms with Gasteiger partial charge in [-0.25, -0.2) is 0 Å². The van der Waals surface area contributed by atoms with E-state index in [-0.39, 0.29) is 20.4 Å². The molecule has 1 heterocycles. The van der Waals surface area contributed by atoms with E-state index >= 15 is 0 Å². The Balaban J connectivity index is 1.93. The minimum atomic E-state index is -0.379. The van der Waals surface area contributed by atoms with Crippen LogP contribution < -0.4 is 5.73 Å². The average molecular weight is 446 g/mol. The summed E-state index contributed by atoms with van der Waals surface area (Å²) in [7, 11) is 0. The molecule has 0 aliphatic carbocycles. The number of rotatable bonds is 5. The molecule has 0 aliphatic heterocycles. The van der Waals surface area contributed by atoms with Crippen LogP contribution in [0.4, 0.5) is 0 Å². The molecule has 3 heteroatoms. The second-order valence-electron chi connectivity index (χ2n) is 8.04. The van der Waals surface area contributed by atoms with Crippen molar-refractivity contribution in [1.29, 1.82) is 0 Å². The predicted octanol–water partition coefficient (Wildman–Crippen LogP) is 5.84. The van der Waals surface area contributed by atoms with Gasteiger partial charge in [0.05, 0.1) is 0 Å². The molecule has 0 unspecified atom stereocenters. The van der Waals surface area contributed by atoms with E-state index in [1.54, 1.807) is 0 Å². The van der Waals surface area contributed by atoms with Crippen molar-refractivity contribution in [3.05, 3.63) is 83.4 Å². The standard InChI is InChI=1S/C26H25NOSe/c1-16(2)14-18-6-10-19(11-7-18)24-22-15-21(26(27)28)12-13-23(22)29-25(24)20-8-4-17(3)5-9-20/h4-13,15-16H,14H2,1-3H3,(H2,27,28). The van der Waals surface area contributed by atoms with E-state index in [0.717, 1.165) is 11.8 Å². The van der Waals surface area contributed by atoms with E-state index in [1.807, 2.05) is 12.1 Å². The zero-order valence-corrected chi connectivity index (χ0v) is 18.7. The number of fused-ring (bicyclic) bond motifs is 1. The molecule has 0 radical (unpaired) electrons. The van der Waals surface area contributed by atoms with Crippen molar-refractivity contribution in [3.63, 3.8) is 0 Å². The zero-order valence-electron chi connectivity index (χ0n) is 17.0. The maximum absolute atomic E-state index is 11.8. The monoisotopic (exact) mass is 447 g/mol. The number of hydrogen-bond acceptors (Lipinski definition) is 1. The average Bonchev–Trinajstić information content (AvgIpc) is 3.07. The van der Waals surface area contributed by atoms with Gasteiger partial charge >= 0.3 is 178 Å². The van der Waals surface area contributed by atoms with E-state index in [2.05, 4.69) is 75.4 Å². The summed E-state index contributed by atoms with van der Waals surface area (Å²) in [5.41, 5.74) is 12.5. The summed E-state index contributed by atoms with van der Waals surface area (Å²) >= 11 is 0.187. The summed E-state index contributed by atoms with van der Waals surface area (Å²) < 4.78 is 2.67. The molecule has 0 fully saturated rings. The van der Waals surface area contributed by atoms with Crippen molar-refractivity contribution >= 4 is 30.1 Å². The van der Waals surface area contributed by atoms with Crippen LogP contribution in [0, 0.1) is 12.8 Å². The van der Waals surface area contributed by atoms with E-state index in [1.165, 1.54) is 36.5 Å². The first-order valence-electron chi connectivity index (χ1n) is 9.95. The van der Waals surface area contributed by atoms with Crippen LogP contribution in [0.1, 0.15) is 35.3 Å². The van der Waals surface area contributed by atoms with E-state index in [4.69, 9.17) is 5.73 Å². The summed E-state index contributed by atoms with van der Waals surface area (Å²) in [4.78, 5) is 11.8. The molecule has 0 bridgehead atoms. The van der Waals surface area contributed by atoms with Crippen LogP contribution in [0.15, 0.2) is 66.7 Å². The zero-order chi connectivity index (χ0) is 20.5. The van der Waals surface area contributed by atoms with Crippen LogP contribution in [-0.4, -0.2) is 20.4 Å².